The third-order valence-corrected chi connectivity index (χ3v) is 4.38. The molecule has 2 rings (SSSR count). The number of ether oxygens (including phenoxy) is 1. The van der Waals surface area contributed by atoms with Crippen molar-refractivity contribution in [3.8, 4) is 5.75 Å². The van der Waals surface area contributed by atoms with Crippen LogP contribution in [0.2, 0.25) is 0 Å². The summed E-state index contributed by atoms with van der Waals surface area (Å²) in [6, 6.07) is 17.6. The number of hydrogen-bond donors (Lipinski definition) is 2. The van der Waals surface area contributed by atoms with Crippen molar-refractivity contribution < 1.29 is 9.53 Å². The van der Waals surface area contributed by atoms with Crippen LogP contribution in [-0.2, 0) is 16.8 Å². The summed E-state index contributed by atoms with van der Waals surface area (Å²) < 4.78 is 5.66. The van der Waals surface area contributed by atoms with Gasteiger partial charge in [-0.3, -0.25) is 4.79 Å². The van der Waals surface area contributed by atoms with E-state index < -0.39 is 5.54 Å². The van der Waals surface area contributed by atoms with Crippen molar-refractivity contribution in [1.82, 2.24) is 5.32 Å². The molecule has 0 bridgehead atoms. The summed E-state index contributed by atoms with van der Waals surface area (Å²) in [7, 11) is 0. The van der Waals surface area contributed by atoms with E-state index in [1.807, 2.05) is 63.2 Å². The number of carbonyl (C=O) groups is 1. The average Bonchev–Trinajstić information content (AvgIpc) is 2.61. The van der Waals surface area contributed by atoms with Crippen molar-refractivity contribution in [2.24, 2.45) is 5.73 Å². The largest absolute Gasteiger partial charge is 0.491 e. The molecule has 4 nitrogen and oxygen atoms in total. The number of hydrogen-bond acceptors (Lipinski definition) is 3. The molecule has 0 aliphatic heterocycles. The molecular weight excluding hydrogens is 360 g/mol. The molecule has 0 aromatic heterocycles. The molecular formula is C22H31ClN2O2. The highest BCUT2D eigenvalue weighted by Crippen LogP contribution is 2.18. The number of nitrogens with one attached hydrogen (secondary N) is 1. The molecule has 1 amide bonds. The Balaban J connectivity index is 0.00000364. The van der Waals surface area contributed by atoms with Crippen molar-refractivity contribution in [1.29, 1.82) is 0 Å². The van der Waals surface area contributed by atoms with Gasteiger partial charge in [0, 0.05) is 6.04 Å². The summed E-state index contributed by atoms with van der Waals surface area (Å²) in [6.07, 6.45) is 1.91. The fourth-order valence-corrected chi connectivity index (χ4v) is 2.75. The van der Waals surface area contributed by atoms with Crippen LogP contribution in [0.15, 0.2) is 54.6 Å². The van der Waals surface area contributed by atoms with Crippen LogP contribution in [0.5, 0.6) is 5.75 Å². The molecule has 0 radical (unpaired) electrons. The lowest BCUT2D eigenvalue weighted by Crippen LogP contribution is -2.51. The van der Waals surface area contributed by atoms with Crippen LogP contribution in [0.25, 0.3) is 0 Å². The lowest BCUT2D eigenvalue weighted by Gasteiger charge is -2.26. The van der Waals surface area contributed by atoms with Gasteiger partial charge in [-0.1, -0.05) is 42.5 Å². The summed E-state index contributed by atoms with van der Waals surface area (Å²) in [5.74, 6) is 0.726. The molecule has 5 heteroatoms. The fourth-order valence-electron chi connectivity index (χ4n) is 2.75. The van der Waals surface area contributed by atoms with Crippen molar-refractivity contribution >= 4 is 18.3 Å². The highest BCUT2D eigenvalue weighted by Gasteiger charge is 2.30. The minimum absolute atomic E-state index is 0. The Morgan fingerprint density at radius 1 is 1.07 bits per heavy atom. The molecule has 148 valence electrons. The van der Waals surface area contributed by atoms with Gasteiger partial charge >= 0.3 is 0 Å². The highest BCUT2D eigenvalue weighted by molar-refractivity contribution is 5.87. The van der Waals surface area contributed by atoms with Gasteiger partial charge in [-0.15, -0.1) is 12.4 Å². The van der Waals surface area contributed by atoms with Gasteiger partial charge in [0.15, 0.2) is 0 Å². The quantitative estimate of drug-likeness (QED) is 0.709. The number of amides is 1. The van der Waals surface area contributed by atoms with Crippen molar-refractivity contribution in [2.75, 3.05) is 0 Å². The molecule has 2 unspecified atom stereocenters. The maximum atomic E-state index is 12.6. The van der Waals surface area contributed by atoms with Crippen LogP contribution in [0, 0.1) is 0 Å². The number of halogens is 1. The van der Waals surface area contributed by atoms with Crippen molar-refractivity contribution in [3.63, 3.8) is 0 Å². The SMILES string of the molecule is CC(CCc1ccc(OC(C)C)cc1)NC(=O)C(C)(N)c1ccccc1.Cl. The normalized spacial score (nSPS) is 14.0. The zero-order valence-corrected chi connectivity index (χ0v) is 17.4. The molecule has 3 N–H and O–H groups in total. The van der Waals surface area contributed by atoms with Crippen LogP contribution in [-0.4, -0.2) is 18.1 Å². The van der Waals surface area contributed by atoms with Gasteiger partial charge in [0.25, 0.3) is 0 Å². The first kappa shape index (κ1) is 23.0. The number of benzene rings is 2. The molecule has 0 saturated heterocycles. The lowest BCUT2D eigenvalue weighted by atomic mass is 9.92. The zero-order valence-electron chi connectivity index (χ0n) is 16.6. The summed E-state index contributed by atoms with van der Waals surface area (Å²) in [4.78, 5) is 12.6. The zero-order chi connectivity index (χ0) is 19.2. The molecule has 0 heterocycles. The van der Waals surface area contributed by atoms with Crippen LogP contribution < -0.4 is 15.8 Å². The Morgan fingerprint density at radius 2 is 1.67 bits per heavy atom. The lowest BCUT2D eigenvalue weighted by molar-refractivity contribution is -0.126. The summed E-state index contributed by atoms with van der Waals surface area (Å²) in [6.45, 7) is 7.78. The Morgan fingerprint density at radius 3 is 2.22 bits per heavy atom. The maximum absolute atomic E-state index is 12.6. The Kier molecular flexibility index (Phi) is 8.80. The molecule has 27 heavy (non-hydrogen) atoms. The van der Waals surface area contributed by atoms with E-state index in [1.54, 1.807) is 6.92 Å². The van der Waals surface area contributed by atoms with Crippen LogP contribution in [0.3, 0.4) is 0 Å². The van der Waals surface area contributed by atoms with E-state index in [0.717, 1.165) is 24.2 Å². The molecule has 2 aromatic rings. The third-order valence-electron chi connectivity index (χ3n) is 4.38. The highest BCUT2D eigenvalue weighted by atomic mass is 35.5. The van der Waals surface area contributed by atoms with E-state index >= 15 is 0 Å². The molecule has 2 atom stereocenters. The van der Waals surface area contributed by atoms with Gasteiger partial charge in [-0.25, -0.2) is 0 Å². The average molecular weight is 391 g/mol. The first-order chi connectivity index (χ1) is 12.3. The number of aryl methyl sites for hydroxylation is 1. The summed E-state index contributed by atoms with van der Waals surface area (Å²) in [5, 5.41) is 3.04. The second-order valence-corrected chi connectivity index (χ2v) is 7.29. The predicted octanol–water partition coefficient (Wildman–Crippen LogP) is 4.21. The predicted molar refractivity (Wildman–Crippen MR) is 113 cm³/mol. The van der Waals surface area contributed by atoms with Crippen LogP contribution in [0.4, 0.5) is 0 Å². The summed E-state index contributed by atoms with van der Waals surface area (Å²) in [5.41, 5.74) is 7.26. The standard InChI is InChI=1S/C22H30N2O2.ClH/c1-16(2)26-20-14-12-18(13-15-20)11-10-17(3)24-21(25)22(4,23)19-8-6-5-7-9-19;/h5-9,12-17H,10-11,23H2,1-4H3,(H,24,25);1H. The van der Waals surface area contributed by atoms with Crippen molar-refractivity contribution in [2.45, 2.75) is 58.2 Å². The van der Waals surface area contributed by atoms with Gasteiger partial charge in [-0.2, -0.15) is 0 Å². The fraction of sp³-hybridized carbons (Fsp3) is 0.409. The Labute approximate surface area is 168 Å². The third kappa shape index (κ3) is 6.89. The topological polar surface area (TPSA) is 64.3 Å². The van der Waals surface area contributed by atoms with Gasteiger partial charge in [0.1, 0.15) is 11.3 Å². The van der Waals surface area contributed by atoms with E-state index in [2.05, 4.69) is 17.4 Å². The first-order valence-electron chi connectivity index (χ1n) is 9.20. The van der Waals surface area contributed by atoms with E-state index in [4.69, 9.17) is 10.5 Å². The number of nitrogens with two attached hydrogens (primary N) is 1. The molecule has 0 aliphatic carbocycles. The molecule has 2 aromatic carbocycles. The second kappa shape index (κ2) is 10.3. The van der Waals surface area contributed by atoms with Crippen LogP contribution in [0.1, 0.15) is 45.2 Å². The number of rotatable bonds is 8. The van der Waals surface area contributed by atoms with E-state index in [9.17, 15) is 4.79 Å². The number of carbonyl (C=O) groups excluding carboxylic acids is 1. The van der Waals surface area contributed by atoms with Gasteiger partial charge in [-0.05, 0) is 63.8 Å². The van der Waals surface area contributed by atoms with E-state index in [-0.39, 0.29) is 30.5 Å². The van der Waals surface area contributed by atoms with Gasteiger partial charge in [0.05, 0.1) is 6.10 Å². The van der Waals surface area contributed by atoms with Crippen LogP contribution >= 0.6 is 12.4 Å². The Hall–Kier alpha value is -2.04. The molecule has 0 spiro atoms. The van der Waals surface area contributed by atoms with E-state index in [1.165, 1.54) is 5.56 Å². The van der Waals surface area contributed by atoms with Crippen molar-refractivity contribution in [3.05, 3.63) is 65.7 Å². The second-order valence-electron chi connectivity index (χ2n) is 7.29. The molecule has 0 saturated carbocycles. The molecule has 0 fully saturated rings. The monoisotopic (exact) mass is 390 g/mol. The first-order valence-corrected chi connectivity index (χ1v) is 9.20. The Bertz CT molecular complexity index is 700. The van der Waals surface area contributed by atoms with E-state index in [0.29, 0.717) is 0 Å². The minimum atomic E-state index is -1.04. The smallest absolute Gasteiger partial charge is 0.244 e. The molecule has 0 aliphatic rings. The summed E-state index contributed by atoms with van der Waals surface area (Å²) >= 11 is 0. The van der Waals surface area contributed by atoms with Gasteiger partial charge < -0.3 is 15.8 Å². The van der Waals surface area contributed by atoms with Gasteiger partial charge in [0.2, 0.25) is 5.91 Å². The maximum Gasteiger partial charge on any atom is 0.244 e. The minimum Gasteiger partial charge on any atom is -0.491 e.